The van der Waals surface area contributed by atoms with Crippen LogP contribution in [0, 0.1) is 10.1 Å². The Kier molecular flexibility index (Phi) is 2.16. The molecule has 0 aliphatic carbocycles. The molecule has 18 heavy (non-hydrogen) atoms. The first-order valence-corrected chi connectivity index (χ1v) is 5.46. The molecule has 0 atom stereocenters. The Bertz CT molecular complexity index is 495. The number of nitrogens with zero attached hydrogens (tertiary/aromatic N) is 1. The third-order valence-corrected chi connectivity index (χ3v) is 3.17. The summed E-state index contributed by atoms with van der Waals surface area (Å²) in [5.41, 5.74) is 0.577. The average molecular weight is 251 g/mol. The summed E-state index contributed by atoms with van der Waals surface area (Å²) >= 11 is 0. The van der Waals surface area contributed by atoms with E-state index in [2.05, 4.69) is 0 Å². The maximum Gasteiger partial charge on any atom is 0.339 e. The van der Waals surface area contributed by atoms with E-state index in [-0.39, 0.29) is 36.0 Å². The third-order valence-electron chi connectivity index (χ3n) is 3.17. The molecule has 0 fully saturated rings. The number of nitro benzene ring substituents is 1. The zero-order chi connectivity index (χ0) is 12.9. The molecule has 2 aliphatic heterocycles. The second-order valence-electron chi connectivity index (χ2n) is 4.10. The van der Waals surface area contributed by atoms with Gasteiger partial charge in [0.2, 0.25) is 5.75 Å². The van der Waals surface area contributed by atoms with Crippen molar-refractivity contribution in [3.63, 3.8) is 0 Å². The van der Waals surface area contributed by atoms with Crippen LogP contribution in [0.15, 0.2) is 0 Å². The Morgan fingerprint density at radius 2 is 1.78 bits per heavy atom. The first kappa shape index (κ1) is 10.8. The zero-order valence-electron chi connectivity index (χ0n) is 9.26. The molecular formula is C11H9NO6. The molecular weight excluding hydrogens is 242 g/mol. The topological polar surface area (TPSA) is 98.9 Å². The maximum absolute atomic E-state index is 11.3. The van der Waals surface area contributed by atoms with Gasteiger partial charge in [0.25, 0.3) is 0 Å². The van der Waals surface area contributed by atoms with Crippen LogP contribution < -0.4 is 9.47 Å². The third kappa shape index (κ3) is 1.27. The molecule has 1 aromatic rings. The number of hydrogen-bond donors (Lipinski definition) is 1. The fourth-order valence-corrected chi connectivity index (χ4v) is 2.50. The minimum atomic E-state index is -1.13. The van der Waals surface area contributed by atoms with Crippen molar-refractivity contribution < 1.29 is 24.3 Å². The highest BCUT2D eigenvalue weighted by Gasteiger charge is 2.39. The Balaban J connectivity index is 2.39. The summed E-state index contributed by atoms with van der Waals surface area (Å²) in [5.74, 6) is -0.898. The van der Waals surface area contributed by atoms with Gasteiger partial charge in [0.1, 0.15) is 11.3 Å². The first-order chi connectivity index (χ1) is 8.61. The Hall–Kier alpha value is -2.31. The number of ether oxygens (including phenoxy) is 2. The molecule has 0 saturated carbocycles. The zero-order valence-corrected chi connectivity index (χ0v) is 9.26. The second-order valence-corrected chi connectivity index (χ2v) is 4.10. The van der Waals surface area contributed by atoms with Crippen LogP contribution in [0.4, 0.5) is 5.69 Å². The molecule has 0 bridgehead atoms. The fraction of sp³-hybridized carbons (Fsp3) is 0.364. The van der Waals surface area contributed by atoms with Gasteiger partial charge in [0.05, 0.1) is 23.7 Å². The van der Waals surface area contributed by atoms with Crippen LogP contribution in [0.25, 0.3) is 0 Å². The van der Waals surface area contributed by atoms with E-state index < -0.39 is 10.9 Å². The summed E-state index contributed by atoms with van der Waals surface area (Å²) in [5, 5.41) is 20.4. The van der Waals surface area contributed by atoms with Crippen LogP contribution in [-0.2, 0) is 12.8 Å². The molecule has 94 valence electrons. The van der Waals surface area contributed by atoms with Gasteiger partial charge in [-0.05, 0) is 0 Å². The SMILES string of the molecule is O=C(O)c1c2c(c([N+](=O)[O-])c3c1OCC3)OCC2. The standard InChI is InChI=1S/C11H9NO6/c13-11(14)7-5-1-3-18-10(5)8(12(15)16)6-2-4-17-9(6)7/h1-4H2,(H,13,14). The number of carbonyl (C=O) groups is 1. The molecule has 0 amide bonds. The van der Waals surface area contributed by atoms with Gasteiger partial charge >= 0.3 is 11.7 Å². The molecule has 0 unspecified atom stereocenters. The van der Waals surface area contributed by atoms with E-state index >= 15 is 0 Å². The Morgan fingerprint density at radius 1 is 1.17 bits per heavy atom. The van der Waals surface area contributed by atoms with Gasteiger partial charge in [0, 0.05) is 18.4 Å². The number of carboxylic acids is 1. The van der Waals surface area contributed by atoms with Gasteiger partial charge in [-0.15, -0.1) is 0 Å². The predicted octanol–water partition coefficient (Wildman–Crippen LogP) is 1.16. The summed E-state index contributed by atoms with van der Waals surface area (Å²) in [7, 11) is 0. The summed E-state index contributed by atoms with van der Waals surface area (Å²) in [4.78, 5) is 21.9. The lowest BCUT2D eigenvalue weighted by atomic mass is 9.97. The number of rotatable bonds is 2. The largest absolute Gasteiger partial charge is 0.492 e. The van der Waals surface area contributed by atoms with Gasteiger partial charge in [0.15, 0.2) is 0 Å². The van der Waals surface area contributed by atoms with Crippen molar-refractivity contribution in [2.24, 2.45) is 0 Å². The molecule has 0 saturated heterocycles. The Morgan fingerprint density at radius 3 is 2.39 bits per heavy atom. The predicted molar refractivity (Wildman–Crippen MR) is 58.5 cm³/mol. The Labute approximate surface area is 101 Å². The first-order valence-electron chi connectivity index (χ1n) is 5.46. The van der Waals surface area contributed by atoms with Crippen molar-refractivity contribution in [3.8, 4) is 11.5 Å². The summed E-state index contributed by atoms with van der Waals surface area (Å²) in [6.45, 7) is 0.526. The highest BCUT2D eigenvalue weighted by atomic mass is 16.6. The monoisotopic (exact) mass is 251 g/mol. The molecule has 0 spiro atoms. The van der Waals surface area contributed by atoms with Crippen LogP contribution >= 0.6 is 0 Å². The highest BCUT2D eigenvalue weighted by Crippen LogP contribution is 2.48. The lowest BCUT2D eigenvalue weighted by Crippen LogP contribution is -2.06. The molecule has 2 aliphatic rings. The number of benzene rings is 1. The van der Waals surface area contributed by atoms with Crippen LogP contribution in [0.2, 0.25) is 0 Å². The normalized spacial score (nSPS) is 15.6. The smallest absolute Gasteiger partial charge is 0.339 e. The van der Waals surface area contributed by atoms with Gasteiger partial charge in [-0.2, -0.15) is 0 Å². The van der Waals surface area contributed by atoms with E-state index in [9.17, 15) is 20.0 Å². The number of nitro groups is 1. The van der Waals surface area contributed by atoms with Crippen molar-refractivity contribution in [1.29, 1.82) is 0 Å². The average Bonchev–Trinajstić information content (AvgIpc) is 2.91. The maximum atomic E-state index is 11.3. The van der Waals surface area contributed by atoms with Crippen molar-refractivity contribution in [2.45, 2.75) is 12.8 Å². The van der Waals surface area contributed by atoms with E-state index in [0.717, 1.165) is 0 Å². The second kappa shape index (κ2) is 3.59. The minimum Gasteiger partial charge on any atom is -0.492 e. The van der Waals surface area contributed by atoms with Crippen LogP contribution in [-0.4, -0.2) is 29.2 Å². The number of hydrogen-bond acceptors (Lipinski definition) is 5. The minimum absolute atomic E-state index is 0.0144. The van der Waals surface area contributed by atoms with Crippen LogP contribution in [0.5, 0.6) is 11.5 Å². The molecule has 7 heteroatoms. The van der Waals surface area contributed by atoms with E-state index in [1.807, 2.05) is 0 Å². The fourth-order valence-electron chi connectivity index (χ4n) is 2.50. The van der Waals surface area contributed by atoms with Gasteiger partial charge in [-0.25, -0.2) is 4.79 Å². The van der Waals surface area contributed by atoms with Crippen molar-refractivity contribution in [1.82, 2.24) is 0 Å². The number of aromatic carboxylic acids is 1. The molecule has 7 nitrogen and oxygen atoms in total. The van der Waals surface area contributed by atoms with E-state index in [4.69, 9.17) is 9.47 Å². The lowest BCUT2D eigenvalue weighted by Gasteiger charge is -2.09. The van der Waals surface area contributed by atoms with Crippen LogP contribution in [0.3, 0.4) is 0 Å². The summed E-state index contributed by atoms with van der Waals surface area (Å²) < 4.78 is 10.5. The highest BCUT2D eigenvalue weighted by molar-refractivity contribution is 5.96. The molecule has 0 aromatic heterocycles. The van der Waals surface area contributed by atoms with Gasteiger partial charge in [-0.3, -0.25) is 10.1 Å². The molecule has 2 heterocycles. The number of carboxylic acid groups (broad SMARTS) is 1. The van der Waals surface area contributed by atoms with Crippen molar-refractivity contribution in [3.05, 3.63) is 26.8 Å². The molecule has 3 rings (SSSR count). The summed E-state index contributed by atoms with van der Waals surface area (Å²) in [6, 6.07) is 0. The number of fused-ring (bicyclic) bond motifs is 2. The lowest BCUT2D eigenvalue weighted by molar-refractivity contribution is -0.386. The van der Waals surface area contributed by atoms with Gasteiger partial charge < -0.3 is 14.6 Å². The quantitative estimate of drug-likeness (QED) is 0.625. The van der Waals surface area contributed by atoms with Crippen LogP contribution in [0.1, 0.15) is 21.5 Å². The van der Waals surface area contributed by atoms with E-state index in [0.29, 0.717) is 24.0 Å². The molecule has 0 radical (unpaired) electrons. The van der Waals surface area contributed by atoms with E-state index in [1.165, 1.54) is 0 Å². The van der Waals surface area contributed by atoms with Crippen molar-refractivity contribution in [2.75, 3.05) is 13.2 Å². The van der Waals surface area contributed by atoms with E-state index in [1.54, 1.807) is 0 Å². The molecule has 1 N–H and O–H groups in total. The molecule has 1 aromatic carbocycles. The van der Waals surface area contributed by atoms with Gasteiger partial charge in [-0.1, -0.05) is 0 Å². The summed E-state index contributed by atoms with van der Waals surface area (Å²) in [6.07, 6.45) is 0.691. The van der Waals surface area contributed by atoms with Crippen molar-refractivity contribution >= 4 is 11.7 Å².